The summed E-state index contributed by atoms with van der Waals surface area (Å²) < 4.78 is 17.5. The lowest BCUT2D eigenvalue weighted by molar-refractivity contribution is -0.140. The van der Waals surface area contributed by atoms with Gasteiger partial charge in [-0.15, -0.1) is 0 Å². The zero-order valence-electron chi connectivity index (χ0n) is 16.7. The van der Waals surface area contributed by atoms with Gasteiger partial charge >= 0.3 is 11.9 Å². The average Bonchev–Trinajstić information content (AvgIpc) is 3.21. The number of fused-ring (bicyclic) bond motifs is 1. The van der Waals surface area contributed by atoms with E-state index in [9.17, 15) is 9.59 Å². The normalized spacial score (nSPS) is 18.2. The molecule has 0 atom stereocenters. The first-order valence-corrected chi connectivity index (χ1v) is 9.85. The van der Waals surface area contributed by atoms with E-state index in [-0.39, 0.29) is 24.6 Å². The van der Waals surface area contributed by atoms with Crippen LogP contribution >= 0.6 is 0 Å². The lowest BCUT2D eigenvalue weighted by Gasteiger charge is -2.31. The van der Waals surface area contributed by atoms with Crippen LogP contribution in [0.1, 0.15) is 38.1 Å². The minimum Gasteiger partial charge on any atom is -0.466 e. The van der Waals surface area contributed by atoms with Crippen molar-refractivity contribution in [1.82, 2.24) is 9.55 Å². The van der Waals surface area contributed by atoms with Crippen LogP contribution < -0.4 is 4.90 Å². The molecule has 2 heterocycles. The number of esters is 2. The zero-order valence-corrected chi connectivity index (χ0v) is 16.7. The molecule has 1 fully saturated rings. The number of ether oxygens (including phenoxy) is 3. The van der Waals surface area contributed by atoms with Crippen molar-refractivity contribution in [2.75, 3.05) is 32.5 Å². The Kier molecular flexibility index (Phi) is 5.53. The fraction of sp³-hybridized carbons (Fsp3) is 0.476. The molecule has 29 heavy (non-hydrogen) atoms. The molecule has 8 heteroatoms. The minimum absolute atomic E-state index is 0.00778. The van der Waals surface area contributed by atoms with E-state index in [0.29, 0.717) is 11.7 Å². The Morgan fingerprint density at radius 1 is 1.10 bits per heavy atom. The van der Waals surface area contributed by atoms with Crippen LogP contribution in [-0.2, 0) is 23.8 Å². The van der Waals surface area contributed by atoms with Gasteiger partial charge in [-0.1, -0.05) is 19.3 Å². The SMILES string of the molecule is COC(=O)C1=C(C(=O)OC)N(c2ccc3c(c2)ncn3C2CCCCC2)COC1. The van der Waals surface area contributed by atoms with Gasteiger partial charge in [0.05, 0.1) is 43.8 Å². The van der Waals surface area contributed by atoms with Crippen LogP contribution in [0.15, 0.2) is 35.8 Å². The molecule has 0 bridgehead atoms. The van der Waals surface area contributed by atoms with Crippen LogP contribution in [0.2, 0.25) is 0 Å². The van der Waals surface area contributed by atoms with Crippen molar-refractivity contribution < 1.29 is 23.8 Å². The van der Waals surface area contributed by atoms with Crippen LogP contribution in [0, 0.1) is 0 Å². The fourth-order valence-electron chi connectivity index (χ4n) is 4.19. The first kappa shape index (κ1) is 19.4. The molecule has 154 valence electrons. The smallest absolute Gasteiger partial charge is 0.355 e. The highest BCUT2D eigenvalue weighted by molar-refractivity contribution is 6.03. The number of carbonyl (C=O) groups is 2. The second-order valence-electron chi connectivity index (χ2n) is 7.33. The summed E-state index contributed by atoms with van der Waals surface area (Å²) in [5, 5.41) is 0. The van der Waals surface area contributed by atoms with Crippen molar-refractivity contribution >= 4 is 28.7 Å². The average molecular weight is 399 g/mol. The molecule has 0 unspecified atom stereocenters. The summed E-state index contributed by atoms with van der Waals surface area (Å²) >= 11 is 0. The Balaban J connectivity index is 1.72. The molecule has 2 aromatic rings. The van der Waals surface area contributed by atoms with Gasteiger partial charge in [-0.25, -0.2) is 14.6 Å². The monoisotopic (exact) mass is 399 g/mol. The van der Waals surface area contributed by atoms with Crippen molar-refractivity contribution in [1.29, 1.82) is 0 Å². The van der Waals surface area contributed by atoms with Crippen LogP contribution in [0.4, 0.5) is 5.69 Å². The highest BCUT2D eigenvalue weighted by Crippen LogP contribution is 2.33. The predicted octanol–water partition coefficient (Wildman–Crippen LogP) is 2.94. The number of methoxy groups -OCH3 is 2. The first-order chi connectivity index (χ1) is 14.1. The van der Waals surface area contributed by atoms with Crippen molar-refractivity contribution in [3.8, 4) is 0 Å². The third-order valence-corrected chi connectivity index (χ3v) is 5.67. The van der Waals surface area contributed by atoms with Crippen LogP contribution in [0.25, 0.3) is 11.0 Å². The highest BCUT2D eigenvalue weighted by atomic mass is 16.5. The molecule has 1 aliphatic heterocycles. The summed E-state index contributed by atoms with van der Waals surface area (Å²) in [6.07, 6.45) is 8.03. The number of nitrogens with zero attached hydrogens (tertiary/aromatic N) is 3. The Morgan fingerprint density at radius 3 is 2.59 bits per heavy atom. The molecule has 0 amide bonds. The maximum Gasteiger partial charge on any atom is 0.355 e. The van der Waals surface area contributed by atoms with Gasteiger partial charge in [0, 0.05) is 11.7 Å². The number of aromatic nitrogens is 2. The summed E-state index contributed by atoms with van der Waals surface area (Å²) in [4.78, 5) is 30.8. The molecule has 2 aliphatic rings. The largest absolute Gasteiger partial charge is 0.466 e. The molecule has 0 radical (unpaired) electrons. The molecular weight excluding hydrogens is 374 g/mol. The van der Waals surface area contributed by atoms with Gasteiger partial charge in [0.2, 0.25) is 0 Å². The van der Waals surface area contributed by atoms with E-state index < -0.39 is 11.9 Å². The van der Waals surface area contributed by atoms with E-state index in [2.05, 4.69) is 9.55 Å². The van der Waals surface area contributed by atoms with Crippen molar-refractivity contribution in [2.45, 2.75) is 38.1 Å². The Morgan fingerprint density at radius 2 is 1.86 bits per heavy atom. The van der Waals surface area contributed by atoms with Gasteiger partial charge in [-0.05, 0) is 31.0 Å². The topological polar surface area (TPSA) is 82.9 Å². The van der Waals surface area contributed by atoms with E-state index in [0.717, 1.165) is 11.0 Å². The Hall–Kier alpha value is -2.87. The standard InChI is InChI=1S/C21H25N3O5/c1-27-20(25)16-11-29-13-24(19(16)21(26)28-2)15-8-9-18-17(10-15)22-12-23(18)14-6-4-3-5-7-14/h8-10,12,14H,3-7,11,13H2,1-2H3. The maximum atomic E-state index is 12.5. The molecule has 0 saturated heterocycles. The molecule has 1 aromatic carbocycles. The number of anilines is 1. The van der Waals surface area contributed by atoms with E-state index in [1.54, 1.807) is 4.90 Å². The number of benzene rings is 1. The van der Waals surface area contributed by atoms with Gasteiger partial charge < -0.3 is 23.7 Å². The summed E-state index contributed by atoms with van der Waals surface area (Å²) in [7, 11) is 2.56. The number of carbonyl (C=O) groups excluding carboxylic acids is 2. The van der Waals surface area contributed by atoms with Crippen molar-refractivity contribution in [3.05, 3.63) is 35.8 Å². The zero-order chi connectivity index (χ0) is 20.4. The molecule has 1 saturated carbocycles. The number of hydrogen-bond donors (Lipinski definition) is 0. The predicted molar refractivity (Wildman–Crippen MR) is 106 cm³/mol. The van der Waals surface area contributed by atoms with E-state index in [1.807, 2.05) is 24.5 Å². The number of rotatable bonds is 4. The van der Waals surface area contributed by atoms with E-state index in [4.69, 9.17) is 14.2 Å². The Labute approximate surface area is 169 Å². The van der Waals surface area contributed by atoms with Crippen LogP contribution in [-0.4, -0.2) is 49.0 Å². The van der Waals surface area contributed by atoms with E-state index in [1.165, 1.54) is 46.3 Å². The summed E-state index contributed by atoms with van der Waals surface area (Å²) in [6.45, 7) is 0.117. The number of imidazole rings is 1. The minimum atomic E-state index is -0.613. The van der Waals surface area contributed by atoms with Crippen LogP contribution in [0.5, 0.6) is 0 Å². The molecule has 0 N–H and O–H groups in total. The maximum absolute atomic E-state index is 12.5. The summed E-state index contributed by atoms with van der Waals surface area (Å²) in [6, 6.07) is 6.30. The summed E-state index contributed by atoms with van der Waals surface area (Å²) in [5.41, 5.74) is 2.88. The van der Waals surface area contributed by atoms with Crippen molar-refractivity contribution in [3.63, 3.8) is 0 Å². The molecule has 8 nitrogen and oxygen atoms in total. The quantitative estimate of drug-likeness (QED) is 0.731. The molecule has 4 rings (SSSR count). The van der Waals surface area contributed by atoms with Gasteiger partial charge in [-0.3, -0.25) is 0 Å². The summed E-state index contributed by atoms with van der Waals surface area (Å²) in [5.74, 6) is -1.22. The fourth-order valence-corrected chi connectivity index (χ4v) is 4.19. The number of hydrogen-bond acceptors (Lipinski definition) is 7. The van der Waals surface area contributed by atoms with Gasteiger partial charge in [-0.2, -0.15) is 0 Å². The third kappa shape index (κ3) is 3.60. The second kappa shape index (κ2) is 8.24. The highest BCUT2D eigenvalue weighted by Gasteiger charge is 2.32. The first-order valence-electron chi connectivity index (χ1n) is 9.85. The van der Waals surface area contributed by atoms with Gasteiger partial charge in [0.25, 0.3) is 0 Å². The van der Waals surface area contributed by atoms with Crippen LogP contribution in [0.3, 0.4) is 0 Å². The second-order valence-corrected chi connectivity index (χ2v) is 7.33. The van der Waals surface area contributed by atoms with Gasteiger partial charge in [0.15, 0.2) is 0 Å². The van der Waals surface area contributed by atoms with Crippen molar-refractivity contribution in [2.24, 2.45) is 0 Å². The lowest BCUT2D eigenvalue weighted by atomic mass is 9.95. The lowest BCUT2D eigenvalue weighted by Crippen LogP contribution is -2.38. The van der Waals surface area contributed by atoms with E-state index >= 15 is 0 Å². The molecular formula is C21H25N3O5. The third-order valence-electron chi connectivity index (χ3n) is 5.67. The Bertz CT molecular complexity index is 958. The van der Waals surface area contributed by atoms with Gasteiger partial charge in [0.1, 0.15) is 12.4 Å². The molecule has 1 aromatic heterocycles. The molecule has 0 spiro atoms. The molecule has 1 aliphatic carbocycles.